The minimum absolute atomic E-state index is 0.0436. The van der Waals surface area contributed by atoms with Gasteiger partial charge in [-0.1, -0.05) is 0 Å². The molecule has 1 aromatic heterocycles. The smallest absolute Gasteiger partial charge is 0.263 e. The molecule has 70 valence electrons. The quantitative estimate of drug-likeness (QED) is 0.715. The SMILES string of the molecule is Cc1ncsc1C(=O)NC1CC1N. The van der Waals surface area contributed by atoms with Crippen molar-refractivity contribution < 1.29 is 4.79 Å². The van der Waals surface area contributed by atoms with E-state index in [1.807, 2.05) is 6.92 Å². The van der Waals surface area contributed by atoms with Crippen LogP contribution in [0.5, 0.6) is 0 Å². The maximum atomic E-state index is 11.5. The van der Waals surface area contributed by atoms with E-state index in [0.717, 1.165) is 12.1 Å². The summed E-state index contributed by atoms with van der Waals surface area (Å²) in [6, 6.07) is 0.325. The first-order chi connectivity index (χ1) is 6.18. The van der Waals surface area contributed by atoms with Gasteiger partial charge in [-0.15, -0.1) is 11.3 Å². The van der Waals surface area contributed by atoms with E-state index >= 15 is 0 Å². The van der Waals surface area contributed by atoms with Crippen LogP contribution in [0.3, 0.4) is 0 Å². The van der Waals surface area contributed by atoms with Crippen molar-refractivity contribution in [3.63, 3.8) is 0 Å². The van der Waals surface area contributed by atoms with Crippen molar-refractivity contribution in [2.75, 3.05) is 0 Å². The Bertz CT molecular complexity index is 336. The predicted octanol–water partition coefficient (Wildman–Crippen LogP) is 0.281. The molecule has 3 N–H and O–H groups in total. The van der Waals surface area contributed by atoms with Crippen molar-refractivity contribution in [1.82, 2.24) is 10.3 Å². The average Bonchev–Trinajstić information content (AvgIpc) is 2.62. The summed E-state index contributed by atoms with van der Waals surface area (Å²) in [5, 5.41) is 2.85. The number of hydrogen-bond donors (Lipinski definition) is 2. The molecule has 0 aliphatic heterocycles. The number of nitrogens with one attached hydrogen (secondary N) is 1. The monoisotopic (exact) mass is 197 g/mol. The number of thiazole rings is 1. The highest BCUT2D eigenvalue weighted by molar-refractivity contribution is 7.11. The van der Waals surface area contributed by atoms with Gasteiger partial charge >= 0.3 is 0 Å². The van der Waals surface area contributed by atoms with E-state index in [1.165, 1.54) is 11.3 Å². The van der Waals surface area contributed by atoms with Gasteiger partial charge in [0.25, 0.3) is 5.91 Å². The molecule has 1 aromatic rings. The predicted molar refractivity (Wildman–Crippen MR) is 50.7 cm³/mol. The van der Waals surface area contributed by atoms with Gasteiger partial charge in [-0.25, -0.2) is 4.98 Å². The lowest BCUT2D eigenvalue weighted by Crippen LogP contribution is -2.29. The molecule has 0 saturated heterocycles. The molecule has 0 spiro atoms. The Morgan fingerprint density at radius 3 is 3.00 bits per heavy atom. The lowest BCUT2D eigenvalue weighted by molar-refractivity contribution is 0.0953. The van der Waals surface area contributed by atoms with Crippen molar-refractivity contribution in [2.24, 2.45) is 5.73 Å². The molecule has 1 amide bonds. The molecule has 0 bridgehead atoms. The molecule has 2 rings (SSSR count). The van der Waals surface area contributed by atoms with E-state index in [-0.39, 0.29) is 18.0 Å². The van der Waals surface area contributed by atoms with E-state index in [4.69, 9.17) is 5.73 Å². The fourth-order valence-electron chi connectivity index (χ4n) is 1.13. The molecule has 4 nitrogen and oxygen atoms in total. The van der Waals surface area contributed by atoms with Gasteiger partial charge in [0.1, 0.15) is 4.88 Å². The third-order valence-electron chi connectivity index (χ3n) is 2.11. The number of hydrogen-bond acceptors (Lipinski definition) is 4. The Morgan fingerprint density at radius 1 is 1.85 bits per heavy atom. The van der Waals surface area contributed by atoms with E-state index in [9.17, 15) is 4.79 Å². The van der Waals surface area contributed by atoms with Crippen molar-refractivity contribution in [2.45, 2.75) is 25.4 Å². The lowest BCUT2D eigenvalue weighted by Gasteiger charge is -2.00. The van der Waals surface area contributed by atoms with Gasteiger partial charge in [0.15, 0.2) is 0 Å². The third kappa shape index (κ3) is 1.71. The summed E-state index contributed by atoms with van der Waals surface area (Å²) in [7, 11) is 0. The minimum Gasteiger partial charge on any atom is -0.347 e. The molecular formula is C8H11N3OS. The number of aryl methyl sites for hydroxylation is 1. The van der Waals surface area contributed by atoms with Crippen LogP contribution >= 0.6 is 11.3 Å². The number of aromatic nitrogens is 1. The molecule has 2 atom stereocenters. The Balaban J connectivity index is 2.01. The van der Waals surface area contributed by atoms with E-state index < -0.39 is 0 Å². The Hall–Kier alpha value is -0.940. The fraction of sp³-hybridized carbons (Fsp3) is 0.500. The van der Waals surface area contributed by atoms with E-state index in [2.05, 4.69) is 10.3 Å². The number of carbonyl (C=O) groups excluding carboxylic acids is 1. The van der Waals surface area contributed by atoms with Gasteiger partial charge in [0.05, 0.1) is 11.2 Å². The summed E-state index contributed by atoms with van der Waals surface area (Å²) < 4.78 is 0. The second-order valence-electron chi connectivity index (χ2n) is 3.25. The number of nitrogens with two attached hydrogens (primary N) is 1. The summed E-state index contributed by atoms with van der Waals surface area (Å²) >= 11 is 1.36. The Labute approximate surface area is 80.2 Å². The molecule has 1 aliphatic carbocycles. The number of nitrogens with zero attached hydrogens (tertiary/aromatic N) is 1. The zero-order valence-electron chi connectivity index (χ0n) is 7.28. The van der Waals surface area contributed by atoms with Gasteiger partial charge in [0.2, 0.25) is 0 Å². The highest BCUT2D eigenvalue weighted by Gasteiger charge is 2.35. The number of amides is 1. The van der Waals surface area contributed by atoms with Crippen LogP contribution in [0.15, 0.2) is 5.51 Å². The summed E-state index contributed by atoms with van der Waals surface area (Å²) in [6.45, 7) is 1.83. The molecule has 0 radical (unpaired) electrons. The van der Waals surface area contributed by atoms with Crippen molar-refractivity contribution >= 4 is 17.2 Å². The molecular weight excluding hydrogens is 186 g/mol. The van der Waals surface area contributed by atoms with Gasteiger partial charge in [-0.05, 0) is 13.3 Å². The topological polar surface area (TPSA) is 68.0 Å². The molecule has 1 aliphatic rings. The second-order valence-corrected chi connectivity index (χ2v) is 4.10. The van der Waals surface area contributed by atoms with Crippen molar-refractivity contribution in [1.29, 1.82) is 0 Å². The molecule has 5 heteroatoms. The molecule has 1 heterocycles. The summed E-state index contributed by atoms with van der Waals surface area (Å²) in [4.78, 5) is 16.2. The molecule has 2 unspecified atom stereocenters. The van der Waals surface area contributed by atoms with Crippen LogP contribution in [-0.2, 0) is 0 Å². The zero-order valence-corrected chi connectivity index (χ0v) is 8.10. The fourth-order valence-corrected chi connectivity index (χ4v) is 1.84. The Morgan fingerprint density at radius 2 is 2.54 bits per heavy atom. The number of rotatable bonds is 2. The van der Waals surface area contributed by atoms with Crippen LogP contribution in [0, 0.1) is 6.92 Å². The maximum absolute atomic E-state index is 11.5. The first-order valence-electron chi connectivity index (χ1n) is 4.15. The number of carbonyl (C=O) groups is 1. The average molecular weight is 197 g/mol. The van der Waals surface area contributed by atoms with Gasteiger partial charge in [0, 0.05) is 12.1 Å². The highest BCUT2D eigenvalue weighted by Crippen LogP contribution is 2.20. The summed E-state index contributed by atoms with van der Waals surface area (Å²) in [5.74, 6) is -0.0436. The first-order valence-corrected chi connectivity index (χ1v) is 5.03. The van der Waals surface area contributed by atoms with Crippen molar-refractivity contribution in [3.05, 3.63) is 16.1 Å². The Kier molecular flexibility index (Phi) is 2.05. The van der Waals surface area contributed by atoms with Gasteiger partial charge < -0.3 is 11.1 Å². The highest BCUT2D eigenvalue weighted by atomic mass is 32.1. The van der Waals surface area contributed by atoms with Crippen LogP contribution in [0.1, 0.15) is 21.8 Å². The van der Waals surface area contributed by atoms with Crippen molar-refractivity contribution in [3.8, 4) is 0 Å². The first kappa shape index (κ1) is 8.65. The van der Waals surface area contributed by atoms with Crippen LogP contribution in [0.2, 0.25) is 0 Å². The molecule has 13 heavy (non-hydrogen) atoms. The molecule has 0 aromatic carbocycles. The largest absolute Gasteiger partial charge is 0.347 e. The van der Waals surface area contributed by atoms with Crippen LogP contribution < -0.4 is 11.1 Å². The van der Waals surface area contributed by atoms with Crippen LogP contribution in [0.25, 0.3) is 0 Å². The minimum atomic E-state index is -0.0436. The van der Waals surface area contributed by atoms with E-state index in [0.29, 0.717) is 4.88 Å². The molecule has 1 saturated carbocycles. The normalized spacial score (nSPS) is 25.7. The summed E-state index contributed by atoms with van der Waals surface area (Å²) in [5.41, 5.74) is 8.05. The standard InChI is InChI=1S/C8H11N3OS/c1-4-7(13-3-10-4)8(12)11-6-2-5(6)9/h3,5-6H,2,9H2,1H3,(H,11,12). The summed E-state index contributed by atoms with van der Waals surface area (Å²) in [6.07, 6.45) is 0.892. The van der Waals surface area contributed by atoms with Crippen LogP contribution in [0.4, 0.5) is 0 Å². The van der Waals surface area contributed by atoms with Gasteiger partial charge in [-0.3, -0.25) is 4.79 Å². The second kappa shape index (κ2) is 3.08. The van der Waals surface area contributed by atoms with E-state index in [1.54, 1.807) is 5.51 Å². The lowest BCUT2D eigenvalue weighted by atomic mass is 10.4. The van der Waals surface area contributed by atoms with Crippen LogP contribution in [-0.4, -0.2) is 23.0 Å². The maximum Gasteiger partial charge on any atom is 0.263 e. The third-order valence-corrected chi connectivity index (χ3v) is 3.04. The molecule has 1 fully saturated rings. The zero-order chi connectivity index (χ0) is 9.42. The van der Waals surface area contributed by atoms with Gasteiger partial charge in [-0.2, -0.15) is 0 Å².